The number of rotatable bonds is 3. The zero-order chi connectivity index (χ0) is 12.1. The minimum Gasteiger partial charge on any atom is -0.411 e. The van der Waals surface area contributed by atoms with Gasteiger partial charge in [0, 0.05) is 6.42 Å². The molecule has 0 aliphatic rings. The van der Waals surface area contributed by atoms with Crippen LogP contribution >= 0.6 is 0 Å². The van der Waals surface area contributed by atoms with Gasteiger partial charge in [-0.2, -0.15) is 0 Å². The van der Waals surface area contributed by atoms with Gasteiger partial charge in [0.15, 0.2) is 0 Å². The first-order chi connectivity index (χ1) is 8.29. The van der Waals surface area contributed by atoms with Crippen LogP contribution in [-0.2, 0) is 6.42 Å². The van der Waals surface area contributed by atoms with E-state index in [9.17, 15) is 0 Å². The maximum absolute atomic E-state index is 9.10. The van der Waals surface area contributed by atoms with Gasteiger partial charge in [-0.3, -0.25) is 0 Å². The van der Waals surface area contributed by atoms with Gasteiger partial charge in [-0.25, -0.2) is 0 Å². The van der Waals surface area contributed by atoms with Crippen LogP contribution in [0.25, 0.3) is 0 Å². The molecule has 0 saturated carbocycles. The third-order valence-corrected chi connectivity index (χ3v) is 2.72. The molecule has 2 aromatic rings. The zero-order valence-corrected chi connectivity index (χ0v) is 9.80. The minimum atomic E-state index is 0.639. The Bertz CT molecular complexity index is 500. The fourth-order valence-electron chi connectivity index (χ4n) is 1.73. The molecule has 0 radical (unpaired) electrons. The van der Waals surface area contributed by atoms with Crippen molar-refractivity contribution >= 4 is 5.71 Å². The van der Waals surface area contributed by atoms with Crippen molar-refractivity contribution in [2.75, 3.05) is 0 Å². The van der Waals surface area contributed by atoms with Crippen molar-refractivity contribution in [3.05, 3.63) is 71.3 Å². The molecule has 0 aromatic heterocycles. The SMILES string of the molecule is Cc1ccc(/C(Cc2ccccc2)=N/O)cc1. The van der Waals surface area contributed by atoms with Crippen LogP contribution in [0, 0.1) is 6.92 Å². The van der Waals surface area contributed by atoms with E-state index in [1.807, 2.05) is 61.5 Å². The van der Waals surface area contributed by atoms with Gasteiger partial charge in [-0.15, -0.1) is 0 Å². The number of nitrogens with zero attached hydrogens (tertiary/aromatic N) is 1. The van der Waals surface area contributed by atoms with Crippen LogP contribution in [0.5, 0.6) is 0 Å². The van der Waals surface area contributed by atoms with Crippen molar-refractivity contribution in [2.45, 2.75) is 13.3 Å². The van der Waals surface area contributed by atoms with Gasteiger partial charge in [-0.05, 0) is 18.1 Å². The van der Waals surface area contributed by atoms with Crippen molar-refractivity contribution in [3.63, 3.8) is 0 Å². The topological polar surface area (TPSA) is 32.6 Å². The Kier molecular flexibility index (Phi) is 3.55. The average molecular weight is 225 g/mol. The Labute approximate surface area is 101 Å². The lowest BCUT2D eigenvalue weighted by Crippen LogP contribution is -2.05. The highest BCUT2D eigenvalue weighted by molar-refractivity contribution is 6.01. The number of oxime groups is 1. The molecule has 0 aliphatic heterocycles. The highest BCUT2D eigenvalue weighted by Crippen LogP contribution is 2.09. The lowest BCUT2D eigenvalue weighted by molar-refractivity contribution is 0.318. The molecule has 0 heterocycles. The summed E-state index contributed by atoms with van der Waals surface area (Å²) in [6.07, 6.45) is 0.639. The van der Waals surface area contributed by atoms with E-state index in [2.05, 4.69) is 5.16 Å². The van der Waals surface area contributed by atoms with E-state index in [0.717, 1.165) is 11.1 Å². The molecule has 2 aromatic carbocycles. The summed E-state index contributed by atoms with van der Waals surface area (Å²) >= 11 is 0. The molecular weight excluding hydrogens is 210 g/mol. The number of hydrogen-bond donors (Lipinski definition) is 1. The van der Waals surface area contributed by atoms with Gasteiger partial charge in [0.2, 0.25) is 0 Å². The summed E-state index contributed by atoms with van der Waals surface area (Å²) in [5.41, 5.74) is 3.99. The predicted octanol–water partition coefficient (Wildman–Crippen LogP) is 3.42. The molecule has 2 rings (SSSR count). The van der Waals surface area contributed by atoms with Gasteiger partial charge in [-0.1, -0.05) is 65.3 Å². The summed E-state index contributed by atoms with van der Waals surface area (Å²) in [5.74, 6) is 0. The van der Waals surface area contributed by atoms with E-state index in [1.165, 1.54) is 5.56 Å². The molecular formula is C15H15NO. The average Bonchev–Trinajstić information content (AvgIpc) is 2.38. The Hall–Kier alpha value is -2.09. The summed E-state index contributed by atoms with van der Waals surface area (Å²) in [6, 6.07) is 18.0. The van der Waals surface area contributed by atoms with Crippen molar-refractivity contribution < 1.29 is 5.21 Å². The first kappa shape index (κ1) is 11.4. The molecule has 0 bridgehead atoms. The molecule has 0 atom stereocenters. The Morgan fingerprint density at radius 1 is 1.00 bits per heavy atom. The van der Waals surface area contributed by atoms with Crippen molar-refractivity contribution in [3.8, 4) is 0 Å². The van der Waals surface area contributed by atoms with Gasteiger partial charge in [0.25, 0.3) is 0 Å². The van der Waals surface area contributed by atoms with Crippen LogP contribution < -0.4 is 0 Å². The van der Waals surface area contributed by atoms with Gasteiger partial charge in [0.1, 0.15) is 0 Å². The minimum absolute atomic E-state index is 0.639. The first-order valence-corrected chi connectivity index (χ1v) is 5.61. The molecule has 1 N–H and O–H groups in total. The third kappa shape index (κ3) is 2.94. The summed E-state index contributed by atoms with van der Waals surface area (Å²) in [5, 5.41) is 12.5. The van der Waals surface area contributed by atoms with Crippen LogP contribution in [0.2, 0.25) is 0 Å². The largest absolute Gasteiger partial charge is 0.411 e. The normalized spacial score (nSPS) is 11.5. The molecule has 2 nitrogen and oxygen atoms in total. The van der Waals surface area contributed by atoms with E-state index in [0.29, 0.717) is 12.1 Å². The fraction of sp³-hybridized carbons (Fsp3) is 0.133. The van der Waals surface area contributed by atoms with Crippen LogP contribution in [-0.4, -0.2) is 10.9 Å². The highest BCUT2D eigenvalue weighted by Gasteiger charge is 2.05. The number of aryl methyl sites for hydroxylation is 1. The maximum Gasteiger partial charge on any atom is 0.0911 e. The van der Waals surface area contributed by atoms with Gasteiger partial charge < -0.3 is 5.21 Å². The second kappa shape index (κ2) is 5.30. The fourth-order valence-corrected chi connectivity index (χ4v) is 1.73. The quantitative estimate of drug-likeness (QED) is 0.484. The molecule has 0 unspecified atom stereocenters. The maximum atomic E-state index is 9.10. The summed E-state index contributed by atoms with van der Waals surface area (Å²) in [4.78, 5) is 0. The van der Waals surface area contributed by atoms with E-state index in [1.54, 1.807) is 0 Å². The smallest absolute Gasteiger partial charge is 0.0911 e. The van der Waals surface area contributed by atoms with Crippen LogP contribution in [0.1, 0.15) is 16.7 Å². The first-order valence-electron chi connectivity index (χ1n) is 5.61. The van der Waals surface area contributed by atoms with E-state index < -0.39 is 0 Å². The van der Waals surface area contributed by atoms with E-state index in [-0.39, 0.29) is 0 Å². The summed E-state index contributed by atoms with van der Waals surface area (Å²) in [7, 11) is 0. The highest BCUT2D eigenvalue weighted by atomic mass is 16.4. The van der Waals surface area contributed by atoms with Crippen LogP contribution in [0.4, 0.5) is 0 Å². The molecule has 86 valence electrons. The molecule has 2 heteroatoms. The Morgan fingerprint density at radius 2 is 1.65 bits per heavy atom. The van der Waals surface area contributed by atoms with E-state index >= 15 is 0 Å². The third-order valence-electron chi connectivity index (χ3n) is 2.72. The number of benzene rings is 2. The monoisotopic (exact) mass is 225 g/mol. The van der Waals surface area contributed by atoms with Crippen molar-refractivity contribution in [1.82, 2.24) is 0 Å². The molecule has 0 fully saturated rings. The predicted molar refractivity (Wildman–Crippen MR) is 69.6 cm³/mol. The second-order valence-corrected chi connectivity index (χ2v) is 4.08. The van der Waals surface area contributed by atoms with Gasteiger partial charge in [0.05, 0.1) is 5.71 Å². The van der Waals surface area contributed by atoms with Crippen LogP contribution in [0.3, 0.4) is 0 Å². The van der Waals surface area contributed by atoms with Crippen molar-refractivity contribution in [2.24, 2.45) is 5.16 Å². The number of hydrogen-bond acceptors (Lipinski definition) is 2. The molecule has 17 heavy (non-hydrogen) atoms. The molecule has 0 aliphatic carbocycles. The molecule has 0 saturated heterocycles. The van der Waals surface area contributed by atoms with Gasteiger partial charge >= 0.3 is 0 Å². The standard InChI is InChI=1S/C15H15NO/c1-12-7-9-14(10-8-12)15(16-17)11-13-5-3-2-4-6-13/h2-10,17H,11H2,1H3/b16-15+. The zero-order valence-electron chi connectivity index (χ0n) is 9.80. The Balaban J connectivity index is 2.21. The summed E-state index contributed by atoms with van der Waals surface area (Å²) in [6.45, 7) is 2.04. The molecule has 0 amide bonds. The Morgan fingerprint density at radius 3 is 2.24 bits per heavy atom. The van der Waals surface area contributed by atoms with E-state index in [4.69, 9.17) is 5.21 Å². The lowest BCUT2D eigenvalue weighted by atomic mass is 10.0. The van der Waals surface area contributed by atoms with Crippen molar-refractivity contribution in [1.29, 1.82) is 0 Å². The lowest BCUT2D eigenvalue weighted by Gasteiger charge is -2.05. The molecule has 0 spiro atoms. The second-order valence-electron chi connectivity index (χ2n) is 4.08. The van der Waals surface area contributed by atoms with Crippen LogP contribution in [0.15, 0.2) is 59.8 Å². The summed E-state index contributed by atoms with van der Waals surface area (Å²) < 4.78 is 0.